The van der Waals surface area contributed by atoms with E-state index >= 15 is 0 Å². The van der Waals surface area contributed by atoms with Gasteiger partial charge in [-0.25, -0.2) is 4.39 Å². The number of carbonyl (C=O) groups excluding carboxylic acids is 1. The molecule has 0 aliphatic heterocycles. The van der Waals surface area contributed by atoms with Crippen LogP contribution in [0.2, 0.25) is 0 Å². The number of rotatable bonds is 6. The summed E-state index contributed by atoms with van der Waals surface area (Å²) in [6.45, 7) is 2.13. The van der Waals surface area contributed by atoms with Crippen molar-refractivity contribution in [2.24, 2.45) is 0 Å². The smallest absolute Gasteiger partial charge is 0.224 e. The normalized spacial score (nSPS) is 10.2. The molecule has 4 heteroatoms. The van der Waals surface area contributed by atoms with E-state index in [1.807, 2.05) is 0 Å². The largest absolute Gasteiger partial charge is 0.396 e. The van der Waals surface area contributed by atoms with Crippen LogP contribution in [-0.2, 0) is 4.79 Å². The van der Waals surface area contributed by atoms with Crippen LogP contribution in [0.1, 0.15) is 39.0 Å². The lowest BCUT2D eigenvalue weighted by Gasteiger charge is -2.06. The molecule has 0 saturated heterocycles. The second-order valence-electron chi connectivity index (χ2n) is 4.10. The van der Waals surface area contributed by atoms with Gasteiger partial charge in [-0.15, -0.1) is 0 Å². The van der Waals surface area contributed by atoms with E-state index in [9.17, 15) is 9.18 Å². The predicted octanol–water partition coefficient (Wildman–Crippen LogP) is 3.32. The lowest BCUT2D eigenvalue weighted by atomic mass is 10.1. The molecule has 0 bridgehead atoms. The number of nitrogens with one attached hydrogen (secondary N) is 1. The lowest BCUT2D eigenvalue weighted by Crippen LogP contribution is -2.11. The summed E-state index contributed by atoms with van der Waals surface area (Å²) in [6.07, 6.45) is 4.75. The monoisotopic (exact) mass is 238 g/mol. The highest BCUT2D eigenvalue weighted by molar-refractivity contribution is 5.91. The molecule has 3 N–H and O–H groups in total. The summed E-state index contributed by atoms with van der Waals surface area (Å²) in [7, 11) is 0. The first-order valence-electron chi connectivity index (χ1n) is 5.98. The van der Waals surface area contributed by atoms with Crippen LogP contribution in [0.3, 0.4) is 0 Å². The first-order valence-corrected chi connectivity index (χ1v) is 5.98. The van der Waals surface area contributed by atoms with Crippen LogP contribution in [0, 0.1) is 5.82 Å². The summed E-state index contributed by atoms with van der Waals surface area (Å²) >= 11 is 0. The second-order valence-corrected chi connectivity index (χ2v) is 4.10. The fourth-order valence-corrected chi connectivity index (χ4v) is 1.56. The van der Waals surface area contributed by atoms with E-state index in [1.54, 1.807) is 0 Å². The molecule has 0 heterocycles. The topological polar surface area (TPSA) is 55.1 Å². The molecule has 3 nitrogen and oxygen atoms in total. The van der Waals surface area contributed by atoms with Gasteiger partial charge in [0.25, 0.3) is 0 Å². The molecule has 1 aromatic rings. The lowest BCUT2D eigenvalue weighted by molar-refractivity contribution is -0.116. The minimum absolute atomic E-state index is 0.0490. The Morgan fingerprint density at radius 2 is 2.12 bits per heavy atom. The molecule has 0 radical (unpaired) electrons. The van der Waals surface area contributed by atoms with Gasteiger partial charge in [0.2, 0.25) is 5.91 Å². The number of amides is 1. The van der Waals surface area contributed by atoms with Crippen LogP contribution in [0.15, 0.2) is 18.2 Å². The SMILES string of the molecule is CCCCCCC(=O)Nc1ccc(F)c(N)c1. The van der Waals surface area contributed by atoms with Crippen LogP contribution in [-0.4, -0.2) is 5.91 Å². The highest BCUT2D eigenvalue weighted by atomic mass is 19.1. The number of anilines is 2. The van der Waals surface area contributed by atoms with Crippen LogP contribution in [0.5, 0.6) is 0 Å². The van der Waals surface area contributed by atoms with E-state index < -0.39 is 5.82 Å². The van der Waals surface area contributed by atoms with E-state index in [2.05, 4.69) is 12.2 Å². The fourth-order valence-electron chi connectivity index (χ4n) is 1.56. The highest BCUT2D eigenvalue weighted by Gasteiger charge is 2.04. The van der Waals surface area contributed by atoms with Crippen LogP contribution in [0.4, 0.5) is 15.8 Å². The molecule has 1 rings (SSSR count). The quantitative estimate of drug-likeness (QED) is 0.590. The van der Waals surface area contributed by atoms with Crippen LogP contribution >= 0.6 is 0 Å². The van der Waals surface area contributed by atoms with Gasteiger partial charge in [-0.2, -0.15) is 0 Å². The molecule has 0 saturated carbocycles. The van der Waals surface area contributed by atoms with Gasteiger partial charge in [0.05, 0.1) is 5.69 Å². The summed E-state index contributed by atoms with van der Waals surface area (Å²) in [6, 6.07) is 4.19. The third-order valence-corrected chi connectivity index (χ3v) is 2.54. The Balaban J connectivity index is 2.37. The first-order chi connectivity index (χ1) is 8.13. The number of benzene rings is 1. The molecule has 94 valence electrons. The molecule has 0 aliphatic carbocycles. The Kier molecular flexibility index (Phi) is 5.46. The number of nitrogens with two attached hydrogens (primary N) is 1. The molecular weight excluding hydrogens is 219 g/mol. The molecule has 1 amide bonds. The van der Waals surface area contributed by atoms with E-state index in [0.29, 0.717) is 12.1 Å². The van der Waals surface area contributed by atoms with Crippen molar-refractivity contribution in [3.05, 3.63) is 24.0 Å². The molecule has 0 aromatic heterocycles. The standard InChI is InChI=1S/C13H19FN2O/c1-2-3-4-5-6-13(17)16-10-7-8-11(14)12(15)9-10/h7-9H,2-6,15H2,1H3,(H,16,17). The molecule has 0 spiro atoms. The summed E-state index contributed by atoms with van der Waals surface area (Å²) < 4.78 is 12.9. The molecule has 1 aromatic carbocycles. The molecule has 17 heavy (non-hydrogen) atoms. The van der Waals surface area contributed by atoms with Crippen LogP contribution in [0.25, 0.3) is 0 Å². The molecule has 0 atom stereocenters. The molecular formula is C13H19FN2O. The first kappa shape index (κ1) is 13.5. The maximum absolute atomic E-state index is 12.9. The average molecular weight is 238 g/mol. The third-order valence-electron chi connectivity index (χ3n) is 2.54. The van der Waals surface area contributed by atoms with Crippen LogP contribution < -0.4 is 11.1 Å². The summed E-state index contributed by atoms with van der Waals surface area (Å²) in [5.74, 6) is -0.516. The van der Waals surface area contributed by atoms with Crippen molar-refractivity contribution in [3.63, 3.8) is 0 Å². The molecule has 0 aliphatic rings. The number of carbonyl (C=O) groups is 1. The minimum atomic E-state index is -0.467. The summed E-state index contributed by atoms with van der Waals surface area (Å²) in [4.78, 5) is 11.5. The Hall–Kier alpha value is -1.58. The van der Waals surface area contributed by atoms with Crippen molar-refractivity contribution in [1.82, 2.24) is 0 Å². The Labute approximate surface area is 101 Å². The van der Waals surface area contributed by atoms with Gasteiger partial charge < -0.3 is 11.1 Å². The van der Waals surface area contributed by atoms with Crippen molar-refractivity contribution >= 4 is 17.3 Å². The van der Waals surface area contributed by atoms with E-state index in [4.69, 9.17) is 5.73 Å². The van der Waals surface area contributed by atoms with Gasteiger partial charge >= 0.3 is 0 Å². The molecule has 0 fully saturated rings. The van der Waals surface area contributed by atoms with Gasteiger partial charge in [0.15, 0.2) is 0 Å². The number of halogens is 1. The Bertz CT molecular complexity index is 380. The molecule has 0 unspecified atom stereocenters. The highest BCUT2D eigenvalue weighted by Crippen LogP contribution is 2.16. The fraction of sp³-hybridized carbons (Fsp3) is 0.462. The van der Waals surface area contributed by atoms with Crippen molar-refractivity contribution in [2.75, 3.05) is 11.1 Å². The second kappa shape index (κ2) is 6.89. The zero-order valence-corrected chi connectivity index (χ0v) is 10.1. The van der Waals surface area contributed by atoms with Crippen molar-refractivity contribution in [3.8, 4) is 0 Å². The van der Waals surface area contributed by atoms with Crippen molar-refractivity contribution in [1.29, 1.82) is 0 Å². The summed E-state index contributed by atoms with van der Waals surface area (Å²) in [5, 5.41) is 2.70. The van der Waals surface area contributed by atoms with E-state index in [0.717, 1.165) is 25.7 Å². The maximum Gasteiger partial charge on any atom is 0.224 e. The average Bonchev–Trinajstić information content (AvgIpc) is 2.30. The van der Waals surface area contributed by atoms with Crippen molar-refractivity contribution < 1.29 is 9.18 Å². The van der Waals surface area contributed by atoms with Gasteiger partial charge in [0.1, 0.15) is 5.82 Å². The number of hydrogen-bond acceptors (Lipinski definition) is 2. The zero-order chi connectivity index (χ0) is 12.7. The van der Waals surface area contributed by atoms with Gasteiger partial charge in [-0.1, -0.05) is 26.2 Å². The third kappa shape index (κ3) is 4.85. The van der Waals surface area contributed by atoms with E-state index in [1.165, 1.54) is 18.2 Å². The number of hydrogen-bond donors (Lipinski definition) is 2. The van der Waals surface area contributed by atoms with E-state index in [-0.39, 0.29) is 11.6 Å². The predicted molar refractivity (Wildman–Crippen MR) is 68.2 cm³/mol. The van der Waals surface area contributed by atoms with Gasteiger partial charge in [0, 0.05) is 12.1 Å². The number of nitrogen functional groups attached to an aromatic ring is 1. The number of unbranched alkanes of at least 4 members (excludes halogenated alkanes) is 3. The Morgan fingerprint density at radius 1 is 1.35 bits per heavy atom. The zero-order valence-electron chi connectivity index (χ0n) is 10.1. The Morgan fingerprint density at radius 3 is 2.76 bits per heavy atom. The summed E-state index contributed by atoms with van der Waals surface area (Å²) in [5.41, 5.74) is 6.01. The maximum atomic E-state index is 12.9. The van der Waals surface area contributed by atoms with Gasteiger partial charge in [-0.05, 0) is 24.6 Å². The van der Waals surface area contributed by atoms with Crippen molar-refractivity contribution in [2.45, 2.75) is 39.0 Å². The van der Waals surface area contributed by atoms with Gasteiger partial charge in [-0.3, -0.25) is 4.79 Å². The minimum Gasteiger partial charge on any atom is -0.396 e.